The first kappa shape index (κ1) is 24.9. The minimum Gasteiger partial charge on any atom is -0.392 e. The van der Waals surface area contributed by atoms with Crippen LogP contribution in [0.4, 0.5) is 14.7 Å². The zero-order valence-corrected chi connectivity index (χ0v) is 21.0. The standard InChI is InChI=1S/C26H25Cl2F2N5O/c27-18-8-17(14-36)9-19(28)23(18)25-33-22-12-32-26(31-11-16-6-7-20(29)21(30)10-16)34-24(22)35(25)13-15-4-2-1-3-5-15/h6-10,12,15,36H,1-5,11,13-14H2,(H,31,32,34). The number of rotatable bonds is 7. The second-order valence-corrected chi connectivity index (χ2v) is 9.96. The lowest BCUT2D eigenvalue weighted by Gasteiger charge is -2.23. The van der Waals surface area contributed by atoms with E-state index in [1.165, 1.54) is 25.3 Å². The van der Waals surface area contributed by atoms with E-state index in [1.54, 1.807) is 18.3 Å². The number of nitrogens with zero attached hydrogens (tertiary/aromatic N) is 4. The summed E-state index contributed by atoms with van der Waals surface area (Å²) in [7, 11) is 0. The summed E-state index contributed by atoms with van der Waals surface area (Å²) in [6.45, 7) is 0.767. The molecule has 0 spiro atoms. The highest BCUT2D eigenvalue weighted by molar-refractivity contribution is 6.39. The smallest absolute Gasteiger partial charge is 0.225 e. The Morgan fingerprint density at radius 2 is 1.72 bits per heavy atom. The SMILES string of the molecule is OCc1cc(Cl)c(-c2nc3cnc(NCc4ccc(F)c(F)c4)nc3n2CC2CCCCC2)c(Cl)c1. The number of imidazole rings is 1. The van der Waals surface area contributed by atoms with E-state index < -0.39 is 11.6 Å². The van der Waals surface area contributed by atoms with Gasteiger partial charge in [0.05, 0.1) is 28.4 Å². The van der Waals surface area contributed by atoms with Gasteiger partial charge in [0.15, 0.2) is 17.3 Å². The Morgan fingerprint density at radius 1 is 0.972 bits per heavy atom. The Kier molecular flexibility index (Phi) is 7.37. The average molecular weight is 532 g/mol. The zero-order chi connectivity index (χ0) is 25.2. The van der Waals surface area contributed by atoms with Crippen molar-refractivity contribution < 1.29 is 13.9 Å². The lowest BCUT2D eigenvalue weighted by molar-refractivity contribution is 0.282. The monoisotopic (exact) mass is 531 g/mol. The van der Waals surface area contributed by atoms with Crippen LogP contribution in [-0.2, 0) is 19.7 Å². The number of nitrogens with one attached hydrogen (secondary N) is 1. The molecule has 2 heterocycles. The first-order valence-corrected chi connectivity index (χ1v) is 12.7. The fraction of sp³-hybridized carbons (Fsp3) is 0.346. The number of fused-ring (bicyclic) bond motifs is 1. The van der Waals surface area contributed by atoms with Crippen molar-refractivity contribution >= 4 is 40.3 Å². The second-order valence-electron chi connectivity index (χ2n) is 9.15. The van der Waals surface area contributed by atoms with Gasteiger partial charge in [-0.15, -0.1) is 0 Å². The van der Waals surface area contributed by atoms with Gasteiger partial charge in [-0.3, -0.25) is 0 Å². The van der Waals surface area contributed by atoms with Gasteiger partial charge in [-0.2, -0.15) is 4.98 Å². The molecule has 2 aromatic heterocycles. The van der Waals surface area contributed by atoms with Crippen molar-refractivity contribution in [2.45, 2.75) is 51.8 Å². The Bertz CT molecular complexity index is 1380. The van der Waals surface area contributed by atoms with Crippen LogP contribution < -0.4 is 5.32 Å². The van der Waals surface area contributed by atoms with Gasteiger partial charge in [-0.25, -0.2) is 18.7 Å². The van der Waals surface area contributed by atoms with E-state index in [9.17, 15) is 13.9 Å². The number of hydrogen-bond acceptors (Lipinski definition) is 5. The molecular weight excluding hydrogens is 507 g/mol. The van der Waals surface area contributed by atoms with Gasteiger partial charge in [-0.1, -0.05) is 48.5 Å². The molecule has 0 radical (unpaired) electrons. The summed E-state index contributed by atoms with van der Waals surface area (Å²) in [5.41, 5.74) is 3.00. The van der Waals surface area contributed by atoms with Crippen LogP contribution in [-0.4, -0.2) is 24.6 Å². The largest absolute Gasteiger partial charge is 0.392 e. The van der Waals surface area contributed by atoms with Crippen molar-refractivity contribution in [2.75, 3.05) is 5.32 Å². The molecule has 0 amide bonds. The first-order valence-electron chi connectivity index (χ1n) is 11.9. The molecule has 0 bridgehead atoms. The number of aromatic nitrogens is 4. The summed E-state index contributed by atoms with van der Waals surface area (Å²) in [4.78, 5) is 13.9. The van der Waals surface area contributed by atoms with Crippen molar-refractivity contribution in [2.24, 2.45) is 5.92 Å². The fourth-order valence-corrected chi connectivity index (χ4v) is 5.46. The van der Waals surface area contributed by atoms with Gasteiger partial charge in [0.25, 0.3) is 0 Å². The molecule has 2 aromatic carbocycles. The van der Waals surface area contributed by atoms with Crippen LogP contribution in [0.15, 0.2) is 36.5 Å². The number of halogens is 4. The van der Waals surface area contributed by atoms with E-state index in [1.807, 2.05) is 4.57 Å². The van der Waals surface area contributed by atoms with Gasteiger partial charge in [0.2, 0.25) is 5.95 Å². The third kappa shape index (κ3) is 5.16. The predicted octanol–water partition coefficient (Wildman–Crippen LogP) is 6.76. The number of hydrogen-bond donors (Lipinski definition) is 2. The lowest BCUT2D eigenvalue weighted by atomic mass is 9.89. The lowest BCUT2D eigenvalue weighted by Crippen LogP contribution is -2.16. The third-order valence-corrected chi connectivity index (χ3v) is 7.19. The average Bonchev–Trinajstić information content (AvgIpc) is 3.21. The molecule has 0 aliphatic heterocycles. The molecular formula is C26H25Cl2F2N5O. The van der Waals surface area contributed by atoms with Crippen molar-refractivity contribution in [3.63, 3.8) is 0 Å². The van der Waals surface area contributed by atoms with Crippen molar-refractivity contribution in [1.82, 2.24) is 19.5 Å². The predicted molar refractivity (Wildman–Crippen MR) is 137 cm³/mol. The highest BCUT2D eigenvalue weighted by Crippen LogP contribution is 2.38. The molecule has 10 heteroatoms. The molecule has 0 unspecified atom stereocenters. The van der Waals surface area contributed by atoms with Gasteiger partial charge in [0, 0.05) is 13.1 Å². The molecule has 0 saturated heterocycles. The molecule has 6 nitrogen and oxygen atoms in total. The molecule has 4 aromatic rings. The molecule has 1 saturated carbocycles. The van der Waals surface area contributed by atoms with Crippen molar-refractivity contribution in [3.8, 4) is 11.4 Å². The van der Waals surface area contributed by atoms with E-state index in [-0.39, 0.29) is 13.2 Å². The van der Waals surface area contributed by atoms with Gasteiger partial charge in [-0.05, 0) is 54.2 Å². The van der Waals surface area contributed by atoms with Crippen LogP contribution in [0.2, 0.25) is 10.0 Å². The maximum Gasteiger partial charge on any atom is 0.225 e. The van der Waals surface area contributed by atoms with Crippen LogP contribution in [0.3, 0.4) is 0 Å². The summed E-state index contributed by atoms with van der Waals surface area (Å²) in [6.07, 6.45) is 7.49. The third-order valence-electron chi connectivity index (χ3n) is 6.60. The quantitative estimate of drug-likeness (QED) is 0.275. The van der Waals surface area contributed by atoms with Gasteiger partial charge < -0.3 is 15.0 Å². The molecule has 5 rings (SSSR count). The Morgan fingerprint density at radius 3 is 2.42 bits per heavy atom. The summed E-state index contributed by atoms with van der Waals surface area (Å²) < 4.78 is 28.9. The minimum absolute atomic E-state index is 0.170. The first-order chi connectivity index (χ1) is 17.4. The van der Waals surface area contributed by atoms with Crippen LogP contribution in [0.5, 0.6) is 0 Å². The fourth-order valence-electron chi connectivity index (χ4n) is 4.76. The van der Waals surface area contributed by atoms with E-state index in [0.717, 1.165) is 25.0 Å². The molecule has 1 fully saturated rings. The normalized spacial score (nSPS) is 14.5. The van der Waals surface area contributed by atoms with E-state index in [0.29, 0.717) is 62.1 Å². The van der Waals surface area contributed by atoms with Gasteiger partial charge in [0.1, 0.15) is 11.3 Å². The molecule has 36 heavy (non-hydrogen) atoms. The maximum atomic E-state index is 13.6. The number of anilines is 1. The van der Waals surface area contributed by atoms with Crippen LogP contribution in [0.25, 0.3) is 22.6 Å². The van der Waals surface area contributed by atoms with E-state index >= 15 is 0 Å². The second kappa shape index (κ2) is 10.7. The van der Waals surface area contributed by atoms with Crippen molar-refractivity contribution in [3.05, 3.63) is 69.3 Å². The van der Waals surface area contributed by atoms with Crippen molar-refractivity contribution in [1.29, 1.82) is 0 Å². The topological polar surface area (TPSA) is 75.9 Å². The van der Waals surface area contributed by atoms with E-state index in [4.69, 9.17) is 33.2 Å². The Labute approximate surface area is 217 Å². The summed E-state index contributed by atoms with van der Waals surface area (Å²) in [5.74, 6) is -0.377. The molecule has 188 valence electrons. The summed E-state index contributed by atoms with van der Waals surface area (Å²) in [6, 6.07) is 7.13. The summed E-state index contributed by atoms with van der Waals surface area (Å²) >= 11 is 13.2. The van der Waals surface area contributed by atoms with Crippen LogP contribution in [0.1, 0.15) is 43.2 Å². The Hall–Kier alpha value is -2.81. The highest BCUT2D eigenvalue weighted by atomic mass is 35.5. The Balaban J connectivity index is 1.54. The van der Waals surface area contributed by atoms with Crippen LogP contribution in [0, 0.1) is 17.6 Å². The number of aliphatic hydroxyl groups is 1. The van der Waals surface area contributed by atoms with E-state index in [2.05, 4.69) is 10.3 Å². The highest BCUT2D eigenvalue weighted by Gasteiger charge is 2.23. The molecule has 1 aliphatic rings. The minimum atomic E-state index is -0.901. The molecule has 0 atom stereocenters. The molecule has 2 N–H and O–H groups in total. The number of benzene rings is 2. The number of aliphatic hydroxyl groups excluding tert-OH is 1. The molecule has 1 aliphatic carbocycles. The van der Waals surface area contributed by atoms with Gasteiger partial charge >= 0.3 is 0 Å². The zero-order valence-electron chi connectivity index (χ0n) is 19.4. The summed E-state index contributed by atoms with van der Waals surface area (Å²) in [5, 5.41) is 13.4. The maximum absolute atomic E-state index is 13.6. The van der Waals surface area contributed by atoms with Crippen LogP contribution >= 0.6 is 23.2 Å².